The molecular formula is C14H19N3OS. The maximum atomic E-state index is 5.39. The predicted octanol–water partition coefficient (Wildman–Crippen LogP) is 2.59. The van der Waals surface area contributed by atoms with E-state index in [1.54, 1.807) is 17.6 Å². The van der Waals surface area contributed by atoms with Crippen molar-refractivity contribution in [2.45, 2.75) is 25.9 Å². The number of hydrogen-bond donors (Lipinski definition) is 1. The molecule has 0 bridgehead atoms. The Morgan fingerprint density at radius 1 is 1.53 bits per heavy atom. The van der Waals surface area contributed by atoms with E-state index in [1.165, 1.54) is 6.42 Å². The lowest BCUT2D eigenvalue weighted by Crippen LogP contribution is -2.57. The molecule has 0 amide bonds. The minimum Gasteiger partial charge on any atom is -0.462 e. The quantitative estimate of drug-likeness (QED) is 0.881. The minimum absolute atomic E-state index is 0.675. The molecule has 3 heterocycles. The summed E-state index contributed by atoms with van der Waals surface area (Å²) < 4.78 is 5.39. The number of aromatic nitrogens is 1. The van der Waals surface area contributed by atoms with Gasteiger partial charge < -0.3 is 9.73 Å². The molecule has 3 rings (SSSR count). The van der Waals surface area contributed by atoms with Gasteiger partial charge >= 0.3 is 0 Å². The van der Waals surface area contributed by atoms with Crippen LogP contribution in [0.4, 0.5) is 0 Å². The summed E-state index contributed by atoms with van der Waals surface area (Å²) in [6.07, 6.45) is 2.88. The van der Waals surface area contributed by atoms with Crippen molar-refractivity contribution >= 4 is 11.3 Å². The van der Waals surface area contributed by atoms with E-state index < -0.39 is 0 Å². The highest BCUT2D eigenvalue weighted by Crippen LogP contribution is 2.25. The van der Waals surface area contributed by atoms with Crippen molar-refractivity contribution in [3.05, 3.63) is 29.5 Å². The number of thiazole rings is 1. The molecular weight excluding hydrogens is 258 g/mol. The number of furan rings is 1. The predicted molar refractivity (Wildman–Crippen MR) is 77.2 cm³/mol. The number of nitrogens with zero attached hydrogens (tertiary/aromatic N) is 2. The SMILES string of the molecule is CCCN(Cc1csc(-c2ccco2)n1)C1CNC1. The Bertz CT molecular complexity index is 505. The number of rotatable bonds is 6. The van der Waals surface area contributed by atoms with Gasteiger partial charge in [0.05, 0.1) is 12.0 Å². The molecule has 102 valence electrons. The Labute approximate surface area is 117 Å². The third-order valence-electron chi connectivity index (χ3n) is 3.44. The molecule has 0 aromatic carbocycles. The molecule has 4 nitrogen and oxygen atoms in total. The van der Waals surface area contributed by atoms with Crippen molar-refractivity contribution in [2.24, 2.45) is 0 Å². The Morgan fingerprint density at radius 3 is 3.05 bits per heavy atom. The molecule has 0 spiro atoms. The first-order valence-corrected chi connectivity index (χ1v) is 7.68. The molecule has 19 heavy (non-hydrogen) atoms. The molecule has 0 aliphatic carbocycles. The maximum Gasteiger partial charge on any atom is 0.162 e. The molecule has 2 aromatic rings. The van der Waals surface area contributed by atoms with Gasteiger partial charge in [-0.2, -0.15) is 0 Å². The first-order chi connectivity index (χ1) is 9.36. The van der Waals surface area contributed by atoms with E-state index in [4.69, 9.17) is 4.42 Å². The number of hydrogen-bond acceptors (Lipinski definition) is 5. The lowest BCUT2D eigenvalue weighted by Gasteiger charge is -2.37. The Balaban J connectivity index is 1.68. The van der Waals surface area contributed by atoms with Gasteiger partial charge in [0, 0.05) is 31.1 Å². The molecule has 0 unspecified atom stereocenters. The van der Waals surface area contributed by atoms with E-state index >= 15 is 0 Å². The molecule has 0 radical (unpaired) electrons. The summed E-state index contributed by atoms with van der Waals surface area (Å²) in [4.78, 5) is 7.20. The molecule has 2 aromatic heterocycles. The molecule has 1 fully saturated rings. The van der Waals surface area contributed by atoms with Gasteiger partial charge in [-0.15, -0.1) is 11.3 Å². The summed E-state index contributed by atoms with van der Waals surface area (Å²) >= 11 is 1.66. The standard InChI is InChI=1S/C14H19N3OS/c1-2-5-17(12-7-15-8-12)9-11-10-19-14(16-11)13-4-3-6-18-13/h3-4,6,10,12,15H,2,5,7-9H2,1H3. The maximum absolute atomic E-state index is 5.39. The molecule has 1 aliphatic rings. The van der Waals surface area contributed by atoms with Gasteiger partial charge in [0.15, 0.2) is 10.8 Å². The van der Waals surface area contributed by atoms with Crippen molar-refractivity contribution in [2.75, 3.05) is 19.6 Å². The van der Waals surface area contributed by atoms with Crippen molar-refractivity contribution in [3.63, 3.8) is 0 Å². The van der Waals surface area contributed by atoms with Crippen LogP contribution in [-0.4, -0.2) is 35.6 Å². The van der Waals surface area contributed by atoms with Gasteiger partial charge in [-0.3, -0.25) is 4.90 Å². The molecule has 0 atom stereocenters. The summed E-state index contributed by atoms with van der Waals surface area (Å²) in [5.74, 6) is 0.864. The molecule has 5 heteroatoms. The summed E-state index contributed by atoms with van der Waals surface area (Å²) in [7, 11) is 0. The van der Waals surface area contributed by atoms with E-state index in [2.05, 4.69) is 27.5 Å². The second-order valence-corrected chi connectivity index (χ2v) is 5.76. The van der Waals surface area contributed by atoms with Crippen LogP contribution in [-0.2, 0) is 6.54 Å². The second-order valence-electron chi connectivity index (χ2n) is 4.90. The highest BCUT2D eigenvalue weighted by molar-refractivity contribution is 7.13. The van der Waals surface area contributed by atoms with E-state index in [-0.39, 0.29) is 0 Å². The average Bonchev–Trinajstić information content (AvgIpc) is 2.95. The van der Waals surface area contributed by atoms with Gasteiger partial charge in [-0.05, 0) is 25.1 Å². The van der Waals surface area contributed by atoms with Crippen LogP contribution in [0.2, 0.25) is 0 Å². The normalized spacial score (nSPS) is 15.9. The molecule has 0 saturated carbocycles. The second kappa shape index (κ2) is 5.86. The topological polar surface area (TPSA) is 41.3 Å². The van der Waals surface area contributed by atoms with Gasteiger partial charge in [-0.1, -0.05) is 6.92 Å². The van der Waals surface area contributed by atoms with Crippen LogP contribution >= 0.6 is 11.3 Å². The molecule has 1 saturated heterocycles. The van der Waals surface area contributed by atoms with Crippen LogP contribution in [0.25, 0.3) is 10.8 Å². The smallest absolute Gasteiger partial charge is 0.162 e. The first kappa shape index (κ1) is 12.8. The first-order valence-electron chi connectivity index (χ1n) is 6.80. The van der Waals surface area contributed by atoms with Crippen LogP contribution in [0.1, 0.15) is 19.0 Å². The monoisotopic (exact) mass is 277 g/mol. The van der Waals surface area contributed by atoms with Crippen LogP contribution in [0.5, 0.6) is 0 Å². The highest BCUT2D eigenvalue weighted by atomic mass is 32.1. The zero-order valence-electron chi connectivity index (χ0n) is 11.1. The third kappa shape index (κ3) is 2.88. The van der Waals surface area contributed by atoms with Crippen LogP contribution in [0, 0.1) is 0 Å². The largest absolute Gasteiger partial charge is 0.462 e. The van der Waals surface area contributed by atoms with Crippen molar-refractivity contribution in [3.8, 4) is 10.8 Å². The summed E-state index contributed by atoms with van der Waals surface area (Å²) in [5.41, 5.74) is 1.15. The van der Waals surface area contributed by atoms with E-state index in [0.29, 0.717) is 6.04 Å². The van der Waals surface area contributed by atoms with Gasteiger partial charge in [0.25, 0.3) is 0 Å². The van der Waals surface area contributed by atoms with Gasteiger partial charge in [0.2, 0.25) is 0 Å². The van der Waals surface area contributed by atoms with Crippen molar-refractivity contribution in [1.29, 1.82) is 0 Å². The highest BCUT2D eigenvalue weighted by Gasteiger charge is 2.24. The van der Waals surface area contributed by atoms with Crippen molar-refractivity contribution in [1.82, 2.24) is 15.2 Å². The fourth-order valence-corrected chi connectivity index (χ4v) is 3.09. The lowest BCUT2D eigenvalue weighted by molar-refractivity contribution is 0.136. The van der Waals surface area contributed by atoms with Crippen molar-refractivity contribution < 1.29 is 4.42 Å². The van der Waals surface area contributed by atoms with Crippen LogP contribution in [0.3, 0.4) is 0 Å². The lowest BCUT2D eigenvalue weighted by atomic mass is 10.1. The Kier molecular flexibility index (Phi) is 3.96. The fraction of sp³-hybridized carbons (Fsp3) is 0.500. The average molecular weight is 277 g/mol. The van der Waals surface area contributed by atoms with E-state index in [0.717, 1.165) is 42.6 Å². The minimum atomic E-state index is 0.675. The zero-order chi connectivity index (χ0) is 13.1. The Morgan fingerprint density at radius 2 is 2.42 bits per heavy atom. The van der Waals surface area contributed by atoms with Gasteiger partial charge in [0.1, 0.15) is 0 Å². The van der Waals surface area contributed by atoms with E-state index in [9.17, 15) is 0 Å². The van der Waals surface area contributed by atoms with Gasteiger partial charge in [-0.25, -0.2) is 4.98 Å². The van der Waals surface area contributed by atoms with Crippen LogP contribution < -0.4 is 5.32 Å². The Hall–Kier alpha value is -1.17. The van der Waals surface area contributed by atoms with E-state index in [1.807, 2.05) is 12.1 Å². The molecule has 1 N–H and O–H groups in total. The zero-order valence-corrected chi connectivity index (χ0v) is 11.9. The summed E-state index contributed by atoms with van der Waals surface area (Å²) in [5, 5.41) is 6.46. The summed E-state index contributed by atoms with van der Waals surface area (Å²) in [6, 6.07) is 4.54. The fourth-order valence-electron chi connectivity index (χ4n) is 2.31. The number of nitrogens with one attached hydrogen (secondary N) is 1. The van der Waals surface area contributed by atoms with Crippen LogP contribution in [0.15, 0.2) is 28.2 Å². The summed E-state index contributed by atoms with van der Waals surface area (Å²) in [6.45, 7) is 6.52. The third-order valence-corrected chi connectivity index (χ3v) is 4.34. The molecule has 1 aliphatic heterocycles.